The molecule has 29 heavy (non-hydrogen) atoms. The van der Waals surface area contributed by atoms with Gasteiger partial charge in [0.15, 0.2) is 0 Å². The Morgan fingerprint density at radius 1 is 1.17 bits per heavy atom. The lowest BCUT2D eigenvalue weighted by Crippen LogP contribution is -2.40. The summed E-state index contributed by atoms with van der Waals surface area (Å²) in [6.07, 6.45) is 5.96. The van der Waals surface area contributed by atoms with Gasteiger partial charge in [0.2, 0.25) is 0 Å². The first-order valence-electron chi connectivity index (χ1n) is 10.7. The van der Waals surface area contributed by atoms with E-state index in [1.54, 1.807) is 0 Å². The van der Waals surface area contributed by atoms with Crippen LogP contribution in [0.5, 0.6) is 5.75 Å². The highest BCUT2D eigenvalue weighted by atomic mass is 16.5. The first-order chi connectivity index (χ1) is 14.0. The second-order valence-corrected chi connectivity index (χ2v) is 8.44. The summed E-state index contributed by atoms with van der Waals surface area (Å²) in [5.74, 6) is 1.63. The molecule has 1 fully saturated rings. The number of likely N-dealkylation sites (N-methyl/N-ethyl adjacent to an activating group) is 1. The number of nitrogens with zero attached hydrogens (tertiary/aromatic N) is 3. The average Bonchev–Trinajstić information content (AvgIpc) is 3.11. The molecule has 1 saturated carbocycles. The lowest BCUT2D eigenvalue weighted by atomic mass is 9.94. The van der Waals surface area contributed by atoms with Gasteiger partial charge in [0.25, 0.3) is 0 Å². The number of aliphatic hydroxyl groups is 1. The molecular weight excluding hydrogens is 366 g/mol. The van der Waals surface area contributed by atoms with Gasteiger partial charge in [-0.05, 0) is 51.6 Å². The summed E-state index contributed by atoms with van der Waals surface area (Å²) < 4.78 is 11.0. The summed E-state index contributed by atoms with van der Waals surface area (Å²) in [7, 11) is 4.18. The Morgan fingerprint density at radius 3 is 2.69 bits per heavy atom. The Morgan fingerprint density at radius 2 is 1.97 bits per heavy atom. The van der Waals surface area contributed by atoms with E-state index >= 15 is 0 Å². The molecule has 1 atom stereocenters. The highest BCUT2D eigenvalue weighted by molar-refractivity contribution is 5.28. The fourth-order valence-electron chi connectivity index (χ4n) is 4.12. The quantitative estimate of drug-likeness (QED) is 0.656. The van der Waals surface area contributed by atoms with Gasteiger partial charge in [-0.15, -0.1) is 0 Å². The fourth-order valence-corrected chi connectivity index (χ4v) is 4.12. The molecule has 1 heterocycles. The number of aryl methyl sites for hydroxylation is 1. The van der Waals surface area contributed by atoms with Crippen molar-refractivity contribution in [1.29, 1.82) is 0 Å². The molecule has 160 valence electrons. The summed E-state index contributed by atoms with van der Waals surface area (Å²) in [5.41, 5.74) is 2.10. The van der Waals surface area contributed by atoms with Gasteiger partial charge in [0.1, 0.15) is 24.2 Å². The second kappa shape index (κ2) is 10.8. The smallest absolute Gasteiger partial charge is 0.133 e. The molecular formula is C23H35N3O3. The van der Waals surface area contributed by atoms with Crippen LogP contribution in [-0.2, 0) is 13.1 Å². The Hall–Kier alpha value is -1.89. The molecule has 1 aromatic heterocycles. The SMILES string of the molecule is Cc1cc(CN(C)Cc2cccc(OC[C@@H](O)CN(C)C3CCCCC3)c2)no1. The third kappa shape index (κ3) is 7.14. The van der Waals surface area contributed by atoms with Crippen molar-refractivity contribution in [2.75, 3.05) is 27.2 Å². The Labute approximate surface area is 174 Å². The zero-order chi connectivity index (χ0) is 20.6. The van der Waals surface area contributed by atoms with E-state index in [1.165, 1.54) is 37.7 Å². The predicted molar refractivity (Wildman–Crippen MR) is 114 cm³/mol. The van der Waals surface area contributed by atoms with Gasteiger partial charge >= 0.3 is 0 Å². The first-order valence-corrected chi connectivity index (χ1v) is 10.7. The molecule has 1 aliphatic rings. The van der Waals surface area contributed by atoms with Crippen LogP contribution in [0.3, 0.4) is 0 Å². The summed E-state index contributed by atoms with van der Waals surface area (Å²) >= 11 is 0. The monoisotopic (exact) mass is 401 g/mol. The molecule has 6 nitrogen and oxygen atoms in total. The first kappa shape index (κ1) is 21.8. The van der Waals surface area contributed by atoms with Crippen LogP contribution < -0.4 is 4.74 Å². The van der Waals surface area contributed by atoms with Gasteiger partial charge in [-0.3, -0.25) is 4.90 Å². The van der Waals surface area contributed by atoms with Crippen LogP contribution in [0.2, 0.25) is 0 Å². The van der Waals surface area contributed by atoms with E-state index in [4.69, 9.17) is 9.26 Å². The van der Waals surface area contributed by atoms with Crippen molar-refractivity contribution in [3.8, 4) is 5.75 Å². The molecule has 1 aromatic carbocycles. The molecule has 3 rings (SSSR count). The highest BCUT2D eigenvalue weighted by Gasteiger charge is 2.20. The molecule has 0 spiro atoms. The average molecular weight is 402 g/mol. The Kier molecular flexibility index (Phi) is 8.09. The van der Waals surface area contributed by atoms with Gasteiger partial charge in [-0.1, -0.05) is 36.6 Å². The van der Waals surface area contributed by atoms with E-state index in [2.05, 4.69) is 35.1 Å². The molecule has 0 aliphatic heterocycles. The largest absolute Gasteiger partial charge is 0.491 e. The number of rotatable bonds is 10. The lowest BCUT2D eigenvalue weighted by molar-refractivity contribution is 0.0561. The van der Waals surface area contributed by atoms with Gasteiger partial charge in [0, 0.05) is 31.7 Å². The van der Waals surface area contributed by atoms with E-state index < -0.39 is 6.10 Å². The molecule has 0 amide bonds. The normalized spacial score (nSPS) is 16.5. The molecule has 0 bridgehead atoms. The minimum atomic E-state index is -0.483. The third-order valence-electron chi connectivity index (χ3n) is 5.60. The van der Waals surface area contributed by atoms with Crippen LogP contribution in [0.1, 0.15) is 49.1 Å². The van der Waals surface area contributed by atoms with Crippen LogP contribution in [-0.4, -0.2) is 59.5 Å². The van der Waals surface area contributed by atoms with Crippen molar-refractivity contribution < 1.29 is 14.4 Å². The zero-order valence-corrected chi connectivity index (χ0v) is 18.0. The molecule has 6 heteroatoms. The van der Waals surface area contributed by atoms with Crippen LogP contribution in [0, 0.1) is 6.92 Å². The maximum atomic E-state index is 10.4. The number of ether oxygens (including phenoxy) is 1. The third-order valence-corrected chi connectivity index (χ3v) is 5.60. The summed E-state index contributed by atoms with van der Waals surface area (Å²) in [6.45, 7) is 4.39. The number of aromatic nitrogens is 1. The highest BCUT2D eigenvalue weighted by Crippen LogP contribution is 2.22. The topological polar surface area (TPSA) is 62.0 Å². The molecule has 2 aromatic rings. The van der Waals surface area contributed by atoms with E-state index in [0.29, 0.717) is 19.2 Å². The van der Waals surface area contributed by atoms with Crippen molar-refractivity contribution in [1.82, 2.24) is 15.0 Å². The zero-order valence-electron chi connectivity index (χ0n) is 18.0. The van der Waals surface area contributed by atoms with Gasteiger partial charge in [-0.2, -0.15) is 0 Å². The van der Waals surface area contributed by atoms with Crippen LogP contribution in [0.15, 0.2) is 34.9 Å². The second-order valence-electron chi connectivity index (χ2n) is 8.44. The van der Waals surface area contributed by atoms with E-state index in [1.807, 2.05) is 31.2 Å². The number of hydrogen-bond acceptors (Lipinski definition) is 6. The van der Waals surface area contributed by atoms with Gasteiger partial charge < -0.3 is 19.3 Å². The van der Waals surface area contributed by atoms with E-state index in [-0.39, 0.29) is 0 Å². The Bertz CT molecular complexity index is 742. The van der Waals surface area contributed by atoms with Gasteiger partial charge in [0.05, 0.1) is 5.69 Å². The number of aliphatic hydroxyl groups excluding tert-OH is 1. The van der Waals surface area contributed by atoms with Crippen LogP contribution in [0.25, 0.3) is 0 Å². The summed E-state index contributed by atoms with van der Waals surface area (Å²) in [6, 6.07) is 10.6. The molecule has 1 N–H and O–H groups in total. The molecule has 0 unspecified atom stereocenters. The number of benzene rings is 1. The number of hydrogen-bond donors (Lipinski definition) is 1. The molecule has 1 aliphatic carbocycles. The van der Waals surface area contributed by atoms with Crippen molar-refractivity contribution >= 4 is 0 Å². The summed E-state index contributed by atoms with van der Waals surface area (Å²) in [5, 5.41) is 14.4. The Balaban J connectivity index is 1.43. The van der Waals surface area contributed by atoms with E-state index in [9.17, 15) is 5.11 Å². The fraction of sp³-hybridized carbons (Fsp3) is 0.609. The van der Waals surface area contributed by atoms with Crippen molar-refractivity contribution in [2.45, 2.75) is 64.3 Å². The van der Waals surface area contributed by atoms with Crippen molar-refractivity contribution in [2.24, 2.45) is 0 Å². The standard InChI is InChI=1S/C23H35N3O3/c1-18-12-20(24-29-18)15-25(2)14-19-8-7-11-23(13-19)28-17-22(27)16-26(3)21-9-5-4-6-10-21/h7-8,11-13,21-22,27H,4-6,9-10,14-17H2,1-3H3/t22-/m0/s1. The van der Waals surface area contributed by atoms with Crippen molar-refractivity contribution in [3.63, 3.8) is 0 Å². The van der Waals surface area contributed by atoms with Gasteiger partial charge in [-0.25, -0.2) is 0 Å². The van der Waals surface area contributed by atoms with E-state index in [0.717, 1.165) is 30.3 Å². The van der Waals surface area contributed by atoms with Crippen LogP contribution in [0.4, 0.5) is 0 Å². The predicted octanol–water partition coefficient (Wildman–Crippen LogP) is 3.62. The van der Waals surface area contributed by atoms with Crippen LogP contribution >= 0.6 is 0 Å². The van der Waals surface area contributed by atoms with Crippen molar-refractivity contribution in [3.05, 3.63) is 47.3 Å². The minimum absolute atomic E-state index is 0.314. The lowest BCUT2D eigenvalue weighted by Gasteiger charge is -2.32. The summed E-state index contributed by atoms with van der Waals surface area (Å²) in [4.78, 5) is 4.48. The molecule has 0 saturated heterocycles. The minimum Gasteiger partial charge on any atom is -0.491 e. The maximum absolute atomic E-state index is 10.4. The molecule has 0 radical (unpaired) electrons. The maximum Gasteiger partial charge on any atom is 0.133 e.